The van der Waals surface area contributed by atoms with Gasteiger partial charge in [-0.15, -0.1) is 0 Å². The molecular formula is C15H24NO2Y+. The summed E-state index contributed by atoms with van der Waals surface area (Å²) in [6, 6.07) is 6.29. The maximum Gasteiger partial charge on any atom is 0.137 e. The van der Waals surface area contributed by atoms with Crippen LogP contribution in [0.5, 0.6) is 5.75 Å². The van der Waals surface area contributed by atoms with E-state index in [1.165, 1.54) is 11.1 Å². The predicted molar refractivity (Wildman–Crippen MR) is 73.0 cm³/mol. The number of morpholine rings is 1. The number of hydrogen-bond donors (Lipinski definition) is 0. The zero-order valence-electron chi connectivity index (χ0n) is 12.3. The van der Waals surface area contributed by atoms with Gasteiger partial charge in [-0.2, -0.15) is 0 Å². The van der Waals surface area contributed by atoms with Crippen molar-refractivity contribution in [2.24, 2.45) is 0 Å². The summed E-state index contributed by atoms with van der Waals surface area (Å²) < 4.78 is 12.5. The maximum atomic E-state index is 5.98. The SMILES string of the molecule is Cc1cccc(C)c1OCC[N+]1(C)CCOCC1.[Y]. The minimum Gasteiger partial charge on any atom is -0.487 e. The normalized spacial score (nSPS) is 17.6. The molecule has 1 aromatic rings. The topological polar surface area (TPSA) is 18.5 Å². The number of ether oxygens (including phenoxy) is 2. The number of aryl methyl sites for hydroxylation is 2. The first-order valence-corrected chi connectivity index (χ1v) is 6.71. The van der Waals surface area contributed by atoms with Crippen molar-refractivity contribution < 1.29 is 46.7 Å². The molecule has 1 heterocycles. The standard InChI is InChI=1S/C15H24NO2.Y/c1-13-5-4-6-14(2)15(13)18-12-9-16(3)7-10-17-11-8-16;/h4-6H,7-12H2,1-3H3;/q+1;. The van der Waals surface area contributed by atoms with Crippen LogP contribution < -0.4 is 4.74 Å². The van der Waals surface area contributed by atoms with E-state index < -0.39 is 0 Å². The molecule has 0 aliphatic carbocycles. The van der Waals surface area contributed by atoms with E-state index in [0.717, 1.165) is 49.7 Å². The van der Waals surface area contributed by atoms with Gasteiger partial charge in [-0.25, -0.2) is 0 Å². The average molecular weight is 339 g/mol. The molecule has 103 valence electrons. The van der Waals surface area contributed by atoms with Crippen molar-refractivity contribution in [3.63, 3.8) is 0 Å². The molecule has 2 rings (SSSR count). The van der Waals surface area contributed by atoms with Gasteiger partial charge in [-0.3, -0.25) is 0 Å². The van der Waals surface area contributed by atoms with Crippen molar-refractivity contribution >= 4 is 0 Å². The first kappa shape index (κ1) is 17.1. The van der Waals surface area contributed by atoms with E-state index in [2.05, 4.69) is 39.1 Å². The Morgan fingerprint density at radius 3 is 2.32 bits per heavy atom. The van der Waals surface area contributed by atoms with E-state index in [1.54, 1.807) is 0 Å². The summed E-state index contributed by atoms with van der Waals surface area (Å²) in [4.78, 5) is 0. The molecule has 0 spiro atoms. The van der Waals surface area contributed by atoms with Crippen LogP contribution in [0.15, 0.2) is 18.2 Å². The van der Waals surface area contributed by atoms with Crippen LogP contribution in [-0.2, 0) is 37.4 Å². The molecule has 1 aliphatic heterocycles. The smallest absolute Gasteiger partial charge is 0.137 e. The van der Waals surface area contributed by atoms with Gasteiger partial charge < -0.3 is 14.0 Å². The second-order valence-corrected chi connectivity index (χ2v) is 5.47. The van der Waals surface area contributed by atoms with Crippen molar-refractivity contribution in [2.45, 2.75) is 13.8 Å². The van der Waals surface area contributed by atoms with Crippen LogP contribution in [0.25, 0.3) is 0 Å². The molecule has 0 atom stereocenters. The van der Waals surface area contributed by atoms with Crippen LogP contribution >= 0.6 is 0 Å². The van der Waals surface area contributed by atoms with Crippen molar-refractivity contribution in [3.8, 4) is 5.75 Å². The van der Waals surface area contributed by atoms with Crippen LogP contribution in [0, 0.1) is 13.8 Å². The average Bonchev–Trinajstić information content (AvgIpc) is 2.34. The van der Waals surface area contributed by atoms with Crippen molar-refractivity contribution in [1.29, 1.82) is 0 Å². The Hall–Kier alpha value is 0.0439. The van der Waals surface area contributed by atoms with E-state index in [0.29, 0.717) is 0 Å². The first-order chi connectivity index (χ1) is 8.61. The van der Waals surface area contributed by atoms with Gasteiger partial charge >= 0.3 is 0 Å². The summed E-state index contributed by atoms with van der Waals surface area (Å²) in [6.07, 6.45) is 0. The number of rotatable bonds is 4. The second-order valence-electron chi connectivity index (χ2n) is 5.47. The third-order valence-corrected chi connectivity index (χ3v) is 3.84. The summed E-state index contributed by atoms with van der Waals surface area (Å²) >= 11 is 0. The van der Waals surface area contributed by atoms with Crippen LogP contribution in [-0.4, -0.2) is 51.0 Å². The zero-order valence-corrected chi connectivity index (χ0v) is 15.2. The number of benzene rings is 1. The Morgan fingerprint density at radius 2 is 1.74 bits per heavy atom. The van der Waals surface area contributed by atoms with Gasteiger partial charge in [0.25, 0.3) is 0 Å². The molecule has 1 radical (unpaired) electrons. The largest absolute Gasteiger partial charge is 0.487 e. The Balaban J connectivity index is 0.00000180. The van der Waals surface area contributed by atoms with Gasteiger partial charge in [0.2, 0.25) is 0 Å². The molecule has 3 nitrogen and oxygen atoms in total. The Morgan fingerprint density at radius 1 is 1.16 bits per heavy atom. The fourth-order valence-corrected chi connectivity index (χ4v) is 2.40. The van der Waals surface area contributed by atoms with Gasteiger partial charge in [0.15, 0.2) is 0 Å². The minimum atomic E-state index is 0. The zero-order chi connectivity index (χ0) is 13.0. The van der Waals surface area contributed by atoms with Crippen LogP contribution in [0.3, 0.4) is 0 Å². The molecule has 0 unspecified atom stereocenters. The fourth-order valence-electron chi connectivity index (χ4n) is 2.40. The summed E-state index contributed by atoms with van der Waals surface area (Å²) in [5, 5.41) is 0. The van der Waals surface area contributed by atoms with Crippen molar-refractivity contribution in [3.05, 3.63) is 29.3 Å². The molecule has 0 amide bonds. The van der Waals surface area contributed by atoms with Gasteiger partial charge in [0, 0.05) is 32.7 Å². The number of likely N-dealkylation sites (N-methyl/N-ethyl adjacent to an activating group) is 1. The third kappa shape index (κ3) is 4.82. The minimum absolute atomic E-state index is 0. The molecule has 19 heavy (non-hydrogen) atoms. The van der Waals surface area contributed by atoms with Crippen LogP contribution in [0.1, 0.15) is 11.1 Å². The Bertz CT molecular complexity index is 383. The number of para-hydroxylation sites is 1. The number of nitrogens with zero attached hydrogens (tertiary/aromatic N) is 1. The molecule has 1 aliphatic rings. The Labute approximate surface area is 141 Å². The molecule has 1 saturated heterocycles. The van der Waals surface area contributed by atoms with Gasteiger partial charge in [-0.1, -0.05) is 18.2 Å². The number of hydrogen-bond acceptors (Lipinski definition) is 2. The third-order valence-electron chi connectivity index (χ3n) is 3.84. The van der Waals surface area contributed by atoms with Gasteiger partial charge in [-0.05, 0) is 25.0 Å². The van der Waals surface area contributed by atoms with Gasteiger partial charge in [0.1, 0.15) is 32.0 Å². The quantitative estimate of drug-likeness (QED) is 0.783. The fraction of sp³-hybridized carbons (Fsp3) is 0.600. The first-order valence-electron chi connectivity index (χ1n) is 6.71. The van der Waals surface area contributed by atoms with E-state index in [1.807, 2.05) is 0 Å². The number of quaternary nitrogens is 1. The molecule has 0 bridgehead atoms. The van der Waals surface area contributed by atoms with Crippen LogP contribution in [0.4, 0.5) is 0 Å². The van der Waals surface area contributed by atoms with Crippen molar-refractivity contribution in [1.82, 2.24) is 0 Å². The Kier molecular flexibility index (Phi) is 6.95. The summed E-state index contributed by atoms with van der Waals surface area (Å²) in [7, 11) is 2.29. The molecule has 0 aromatic heterocycles. The second kappa shape index (κ2) is 7.73. The van der Waals surface area contributed by atoms with E-state index in [4.69, 9.17) is 9.47 Å². The van der Waals surface area contributed by atoms with Crippen LogP contribution in [0.2, 0.25) is 0 Å². The maximum absolute atomic E-state index is 5.98. The molecule has 0 saturated carbocycles. The van der Waals surface area contributed by atoms with E-state index in [-0.39, 0.29) is 32.7 Å². The van der Waals surface area contributed by atoms with E-state index >= 15 is 0 Å². The molecular weight excluding hydrogens is 315 g/mol. The van der Waals surface area contributed by atoms with Crippen molar-refractivity contribution in [2.75, 3.05) is 46.5 Å². The summed E-state index contributed by atoms with van der Waals surface area (Å²) in [5.41, 5.74) is 2.44. The molecule has 1 fully saturated rings. The molecule has 1 aromatic carbocycles. The summed E-state index contributed by atoms with van der Waals surface area (Å²) in [6.45, 7) is 9.98. The summed E-state index contributed by atoms with van der Waals surface area (Å²) in [5.74, 6) is 1.05. The predicted octanol–water partition coefficient (Wildman–Crippen LogP) is 2.16. The van der Waals surface area contributed by atoms with E-state index in [9.17, 15) is 0 Å². The van der Waals surface area contributed by atoms with Gasteiger partial charge in [0.05, 0.1) is 20.3 Å². The molecule has 4 heteroatoms. The molecule has 0 N–H and O–H groups in total. The monoisotopic (exact) mass is 339 g/mol.